The average molecular weight is 309 g/mol. The second kappa shape index (κ2) is 7.07. The van der Waals surface area contributed by atoms with Gasteiger partial charge in [0.05, 0.1) is 5.75 Å². The smallest absolute Gasteiger partial charge is 0.223 e. The highest BCUT2D eigenvalue weighted by Gasteiger charge is 2.22. The van der Waals surface area contributed by atoms with Gasteiger partial charge in [0.25, 0.3) is 0 Å². The fraction of sp³-hybridized carbons (Fsp3) is 0.562. The second-order valence-electron chi connectivity index (χ2n) is 5.80. The van der Waals surface area contributed by atoms with Gasteiger partial charge < -0.3 is 4.90 Å². The largest absolute Gasteiger partial charge is 0.343 e. The number of benzene rings is 1. The Bertz CT molecular complexity index is 568. The van der Waals surface area contributed by atoms with E-state index in [0.717, 1.165) is 32.4 Å². The average Bonchev–Trinajstić information content (AvgIpc) is 2.71. The van der Waals surface area contributed by atoms with Crippen molar-refractivity contribution in [2.75, 3.05) is 25.1 Å². The lowest BCUT2D eigenvalue weighted by Gasteiger charge is -2.20. The lowest BCUT2D eigenvalue weighted by molar-refractivity contribution is -0.130. The molecule has 2 rings (SSSR count). The fourth-order valence-electron chi connectivity index (χ4n) is 2.84. The molecule has 1 saturated heterocycles. The molecule has 1 aliphatic rings. The first-order chi connectivity index (χ1) is 9.96. The number of hydrogen-bond donors (Lipinski definition) is 0. The third-order valence-corrected chi connectivity index (χ3v) is 4.98. The molecular formula is C16H23NO3S. The maximum atomic E-state index is 12.1. The van der Waals surface area contributed by atoms with Gasteiger partial charge in [-0.2, -0.15) is 0 Å². The number of nitrogens with zero attached hydrogens (tertiary/aromatic N) is 1. The molecule has 0 spiro atoms. The van der Waals surface area contributed by atoms with Crippen LogP contribution in [-0.2, 0) is 14.6 Å². The number of carbonyl (C=O) groups is 1. The van der Waals surface area contributed by atoms with Crippen LogP contribution in [0.5, 0.6) is 0 Å². The molecule has 1 amide bonds. The van der Waals surface area contributed by atoms with E-state index in [-0.39, 0.29) is 18.1 Å². The Morgan fingerprint density at radius 1 is 1.19 bits per heavy atom. The molecule has 1 fully saturated rings. The molecule has 1 aliphatic heterocycles. The first-order valence-electron chi connectivity index (χ1n) is 7.46. The van der Waals surface area contributed by atoms with Crippen LogP contribution in [0.15, 0.2) is 30.3 Å². The second-order valence-corrected chi connectivity index (χ2v) is 8.06. The standard InChI is InChI=1S/C16H23NO3S/c1-21(19,20)13-10-16(18)17-11-5-8-15(9-12-17)14-6-3-2-4-7-14/h2-4,6-7,15H,5,8-13H2,1H3. The van der Waals surface area contributed by atoms with E-state index in [0.29, 0.717) is 5.92 Å². The Balaban J connectivity index is 1.90. The van der Waals surface area contributed by atoms with Crippen LogP contribution in [0.1, 0.15) is 37.2 Å². The SMILES string of the molecule is CS(=O)(=O)CCC(=O)N1CCCC(c2ccccc2)CC1. The van der Waals surface area contributed by atoms with Crippen LogP contribution in [0.3, 0.4) is 0 Å². The van der Waals surface area contributed by atoms with E-state index in [1.54, 1.807) is 0 Å². The molecular weight excluding hydrogens is 286 g/mol. The number of sulfone groups is 1. The minimum atomic E-state index is -3.07. The Labute approximate surface area is 127 Å². The van der Waals surface area contributed by atoms with E-state index < -0.39 is 9.84 Å². The van der Waals surface area contributed by atoms with Gasteiger partial charge in [0.2, 0.25) is 5.91 Å². The Morgan fingerprint density at radius 2 is 1.90 bits per heavy atom. The van der Waals surface area contributed by atoms with Crippen molar-refractivity contribution >= 4 is 15.7 Å². The maximum absolute atomic E-state index is 12.1. The number of likely N-dealkylation sites (tertiary alicyclic amines) is 1. The molecule has 0 aliphatic carbocycles. The van der Waals surface area contributed by atoms with Crippen molar-refractivity contribution in [3.05, 3.63) is 35.9 Å². The summed E-state index contributed by atoms with van der Waals surface area (Å²) < 4.78 is 22.3. The van der Waals surface area contributed by atoms with Gasteiger partial charge in [-0.15, -0.1) is 0 Å². The van der Waals surface area contributed by atoms with Gasteiger partial charge in [0.1, 0.15) is 9.84 Å². The van der Waals surface area contributed by atoms with E-state index in [1.165, 1.54) is 11.8 Å². The van der Waals surface area contributed by atoms with Crippen molar-refractivity contribution < 1.29 is 13.2 Å². The van der Waals surface area contributed by atoms with Gasteiger partial charge in [0, 0.05) is 25.8 Å². The summed E-state index contributed by atoms with van der Waals surface area (Å²) in [4.78, 5) is 13.9. The zero-order chi connectivity index (χ0) is 15.3. The molecule has 0 saturated carbocycles. The van der Waals surface area contributed by atoms with Gasteiger partial charge >= 0.3 is 0 Å². The summed E-state index contributed by atoms with van der Waals surface area (Å²) in [7, 11) is -3.07. The molecule has 21 heavy (non-hydrogen) atoms. The molecule has 1 unspecified atom stereocenters. The van der Waals surface area contributed by atoms with Crippen LogP contribution in [0, 0.1) is 0 Å². The van der Waals surface area contributed by atoms with Gasteiger partial charge in [-0.1, -0.05) is 30.3 Å². The Kier molecular flexibility index (Phi) is 5.39. The zero-order valence-corrected chi connectivity index (χ0v) is 13.3. The molecule has 4 nitrogen and oxygen atoms in total. The van der Waals surface area contributed by atoms with Crippen molar-refractivity contribution in [1.29, 1.82) is 0 Å². The summed E-state index contributed by atoms with van der Waals surface area (Å²) >= 11 is 0. The van der Waals surface area contributed by atoms with E-state index >= 15 is 0 Å². The third-order valence-electron chi connectivity index (χ3n) is 4.04. The van der Waals surface area contributed by atoms with E-state index in [9.17, 15) is 13.2 Å². The third kappa shape index (κ3) is 5.16. The van der Waals surface area contributed by atoms with Crippen LogP contribution in [-0.4, -0.2) is 44.3 Å². The van der Waals surface area contributed by atoms with Crippen LogP contribution >= 0.6 is 0 Å². The number of hydrogen-bond acceptors (Lipinski definition) is 3. The summed E-state index contributed by atoms with van der Waals surface area (Å²) in [6.45, 7) is 1.47. The molecule has 5 heteroatoms. The van der Waals surface area contributed by atoms with Gasteiger partial charge in [0.15, 0.2) is 0 Å². The zero-order valence-electron chi connectivity index (χ0n) is 12.5. The minimum Gasteiger partial charge on any atom is -0.343 e. The van der Waals surface area contributed by atoms with Gasteiger partial charge in [-0.3, -0.25) is 4.79 Å². The first kappa shape index (κ1) is 16.0. The summed E-state index contributed by atoms with van der Waals surface area (Å²) in [6.07, 6.45) is 4.29. The highest BCUT2D eigenvalue weighted by molar-refractivity contribution is 7.90. The van der Waals surface area contributed by atoms with Crippen LogP contribution in [0.2, 0.25) is 0 Å². The normalized spacial score (nSPS) is 20.0. The van der Waals surface area contributed by atoms with E-state index in [1.807, 2.05) is 11.0 Å². The lowest BCUT2D eigenvalue weighted by atomic mass is 9.92. The molecule has 0 bridgehead atoms. The van der Waals surface area contributed by atoms with E-state index in [4.69, 9.17) is 0 Å². The topological polar surface area (TPSA) is 54.5 Å². The van der Waals surface area contributed by atoms with E-state index in [2.05, 4.69) is 24.3 Å². The lowest BCUT2D eigenvalue weighted by Crippen LogP contribution is -2.33. The fourth-order valence-corrected chi connectivity index (χ4v) is 3.38. The highest BCUT2D eigenvalue weighted by atomic mass is 32.2. The summed E-state index contributed by atoms with van der Waals surface area (Å²) in [6, 6.07) is 10.4. The maximum Gasteiger partial charge on any atom is 0.223 e. The van der Waals surface area contributed by atoms with Crippen molar-refractivity contribution in [2.45, 2.75) is 31.6 Å². The Hall–Kier alpha value is -1.36. The van der Waals surface area contributed by atoms with Crippen LogP contribution < -0.4 is 0 Å². The highest BCUT2D eigenvalue weighted by Crippen LogP contribution is 2.27. The molecule has 0 N–H and O–H groups in total. The molecule has 0 radical (unpaired) electrons. The Morgan fingerprint density at radius 3 is 2.57 bits per heavy atom. The van der Waals surface area contributed by atoms with Crippen LogP contribution in [0.4, 0.5) is 0 Å². The summed E-state index contributed by atoms with van der Waals surface area (Å²) in [5.41, 5.74) is 1.34. The monoisotopic (exact) mass is 309 g/mol. The summed E-state index contributed by atoms with van der Waals surface area (Å²) in [5, 5.41) is 0. The molecule has 1 aromatic carbocycles. The molecule has 1 heterocycles. The van der Waals surface area contributed by atoms with Gasteiger partial charge in [-0.25, -0.2) is 8.42 Å². The quantitative estimate of drug-likeness (QED) is 0.857. The number of rotatable bonds is 4. The van der Waals surface area contributed by atoms with Crippen molar-refractivity contribution in [3.63, 3.8) is 0 Å². The number of carbonyl (C=O) groups excluding carboxylic acids is 1. The number of amides is 1. The predicted octanol–water partition coefficient (Wildman–Crippen LogP) is 2.22. The van der Waals surface area contributed by atoms with Crippen molar-refractivity contribution in [1.82, 2.24) is 4.90 Å². The molecule has 1 aromatic rings. The molecule has 1 atom stereocenters. The first-order valence-corrected chi connectivity index (χ1v) is 9.52. The summed E-state index contributed by atoms with van der Waals surface area (Å²) in [5.74, 6) is 0.415. The molecule has 0 aromatic heterocycles. The molecule has 116 valence electrons. The van der Waals surface area contributed by atoms with Gasteiger partial charge in [-0.05, 0) is 30.7 Å². The predicted molar refractivity (Wildman–Crippen MR) is 83.9 cm³/mol. The minimum absolute atomic E-state index is 0.0332. The van der Waals surface area contributed by atoms with Crippen molar-refractivity contribution in [3.8, 4) is 0 Å². The van der Waals surface area contributed by atoms with Crippen LogP contribution in [0.25, 0.3) is 0 Å². The van der Waals surface area contributed by atoms with Crippen molar-refractivity contribution in [2.24, 2.45) is 0 Å².